The summed E-state index contributed by atoms with van der Waals surface area (Å²) in [6.07, 6.45) is 3.43. The lowest BCUT2D eigenvalue weighted by atomic mass is 9.88. The van der Waals surface area contributed by atoms with E-state index >= 15 is 0 Å². The Bertz CT molecular complexity index is 1030. The van der Waals surface area contributed by atoms with E-state index in [9.17, 15) is 9.59 Å². The molecule has 0 bridgehead atoms. The van der Waals surface area contributed by atoms with Crippen molar-refractivity contribution in [2.45, 2.75) is 50.2 Å². The fourth-order valence-corrected chi connectivity index (χ4v) is 5.28. The van der Waals surface area contributed by atoms with Crippen LogP contribution in [0.1, 0.15) is 43.7 Å². The minimum Gasteiger partial charge on any atom is -0.497 e. The quantitative estimate of drug-likeness (QED) is 0.742. The topological polar surface area (TPSA) is 59.1 Å². The summed E-state index contributed by atoms with van der Waals surface area (Å²) in [6.45, 7) is 3.78. The molecular weight excluding hydrogens is 404 g/mol. The first kappa shape index (κ1) is 20.9. The van der Waals surface area contributed by atoms with Gasteiger partial charge in [-0.25, -0.2) is 0 Å². The molecule has 0 unspecified atom stereocenters. The highest BCUT2D eigenvalue weighted by molar-refractivity contribution is 5.91. The number of amides is 2. The van der Waals surface area contributed by atoms with Crippen molar-refractivity contribution in [3.63, 3.8) is 0 Å². The third kappa shape index (κ3) is 3.61. The number of likely N-dealkylation sites (tertiary alicyclic amines) is 1. The number of hydrogen-bond acceptors (Lipinski definition) is 4. The van der Waals surface area contributed by atoms with Crippen LogP contribution in [0.4, 0.5) is 0 Å². The Morgan fingerprint density at radius 2 is 1.75 bits per heavy atom. The monoisotopic (exact) mass is 434 g/mol. The maximum absolute atomic E-state index is 13.7. The number of carbonyl (C=O) groups excluding carboxylic acids is 2. The molecular formula is C26H30N2O4. The molecule has 3 aliphatic rings. The van der Waals surface area contributed by atoms with Gasteiger partial charge in [-0.15, -0.1) is 0 Å². The van der Waals surface area contributed by atoms with Crippen molar-refractivity contribution in [2.24, 2.45) is 0 Å². The molecule has 6 heteroatoms. The highest BCUT2D eigenvalue weighted by Gasteiger charge is 2.55. The van der Waals surface area contributed by atoms with E-state index in [1.807, 2.05) is 46.2 Å². The Morgan fingerprint density at radius 3 is 2.44 bits per heavy atom. The molecule has 1 spiro atoms. The lowest BCUT2D eigenvalue weighted by Gasteiger charge is -2.44. The van der Waals surface area contributed by atoms with Crippen molar-refractivity contribution in [1.82, 2.24) is 9.80 Å². The number of rotatable bonds is 3. The van der Waals surface area contributed by atoms with Crippen molar-refractivity contribution >= 4 is 11.8 Å². The van der Waals surface area contributed by atoms with Gasteiger partial charge >= 0.3 is 0 Å². The second-order valence-electron chi connectivity index (χ2n) is 9.41. The molecule has 2 aromatic carbocycles. The molecule has 6 nitrogen and oxygen atoms in total. The lowest BCUT2D eigenvalue weighted by Crippen LogP contribution is -2.59. The molecule has 168 valence electrons. The molecule has 5 rings (SSSR count). The van der Waals surface area contributed by atoms with E-state index in [2.05, 4.69) is 12.1 Å². The Morgan fingerprint density at radius 1 is 1.00 bits per heavy atom. The minimum absolute atomic E-state index is 0.0167. The van der Waals surface area contributed by atoms with Crippen molar-refractivity contribution in [3.05, 3.63) is 59.7 Å². The SMILES string of the molecule is COc1ccc2c(c1)O[C@]1(CCCN(C(=O)C3(c4ccccc4)CC3)C1)CN(C(C)=O)C2. The smallest absolute Gasteiger partial charge is 0.233 e. The molecule has 2 heterocycles. The molecule has 2 amide bonds. The van der Waals surface area contributed by atoms with Crippen LogP contribution in [0.15, 0.2) is 48.5 Å². The number of piperidine rings is 1. The standard InChI is InChI=1S/C26H30N2O4/c1-19(29)28-16-20-9-10-22(31-2)15-23(20)32-25(18-28)11-6-14-27(17-25)24(30)26(12-13-26)21-7-4-3-5-8-21/h3-5,7-10,15H,6,11-14,16-18H2,1-2H3/t25-/m0/s1. The molecule has 1 atom stereocenters. The Hall–Kier alpha value is -3.02. The first-order valence-corrected chi connectivity index (χ1v) is 11.4. The lowest BCUT2D eigenvalue weighted by molar-refractivity contribution is -0.142. The maximum Gasteiger partial charge on any atom is 0.233 e. The Balaban J connectivity index is 1.45. The van der Waals surface area contributed by atoms with Crippen LogP contribution >= 0.6 is 0 Å². The molecule has 2 aliphatic heterocycles. The van der Waals surface area contributed by atoms with Crippen LogP contribution < -0.4 is 9.47 Å². The molecule has 0 radical (unpaired) electrons. The van der Waals surface area contributed by atoms with Crippen molar-refractivity contribution < 1.29 is 19.1 Å². The fraction of sp³-hybridized carbons (Fsp3) is 0.462. The van der Waals surface area contributed by atoms with Crippen molar-refractivity contribution in [3.8, 4) is 11.5 Å². The van der Waals surface area contributed by atoms with Gasteiger partial charge in [0.1, 0.15) is 17.1 Å². The number of nitrogens with zero attached hydrogens (tertiary/aromatic N) is 2. The predicted octanol–water partition coefficient (Wildman–Crippen LogP) is 3.53. The van der Waals surface area contributed by atoms with Crippen LogP contribution in [0.2, 0.25) is 0 Å². The first-order chi connectivity index (χ1) is 15.4. The van der Waals surface area contributed by atoms with Gasteiger partial charge in [-0.1, -0.05) is 30.3 Å². The van der Waals surface area contributed by atoms with E-state index in [1.165, 1.54) is 0 Å². The van der Waals surface area contributed by atoms with Gasteiger partial charge < -0.3 is 19.3 Å². The molecule has 0 N–H and O–H groups in total. The second kappa shape index (κ2) is 7.84. The zero-order valence-corrected chi connectivity index (χ0v) is 18.8. The summed E-state index contributed by atoms with van der Waals surface area (Å²) in [5.41, 5.74) is 1.05. The molecule has 32 heavy (non-hydrogen) atoms. The highest BCUT2D eigenvalue weighted by Crippen LogP contribution is 2.50. The number of carbonyl (C=O) groups is 2. The van der Waals surface area contributed by atoms with Crippen LogP contribution in [0.25, 0.3) is 0 Å². The van der Waals surface area contributed by atoms with Crippen LogP contribution in [-0.2, 0) is 21.5 Å². The van der Waals surface area contributed by atoms with E-state index in [1.54, 1.807) is 14.0 Å². The van der Waals surface area contributed by atoms with Gasteiger partial charge in [0.2, 0.25) is 11.8 Å². The van der Waals surface area contributed by atoms with Gasteiger partial charge in [-0.2, -0.15) is 0 Å². The van der Waals surface area contributed by atoms with E-state index < -0.39 is 11.0 Å². The average Bonchev–Trinajstić information content (AvgIpc) is 3.63. The van der Waals surface area contributed by atoms with E-state index in [0.29, 0.717) is 19.6 Å². The average molecular weight is 435 g/mol. The molecule has 1 saturated carbocycles. The Labute approximate surface area is 189 Å². The summed E-state index contributed by atoms with van der Waals surface area (Å²) in [5, 5.41) is 0. The van der Waals surface area contributed by atoms with Crippen LogP contribution in [-0.4, -0.2) is 54.0 Å². The van der Waals surface area contributed by atoms with Gasteiger partial charge in [0, 0.05) is 31.6 Å². The maximum atomic E-state index is 13.7. The summed E-state index contributed by atoms with van der Waals surface area (Å²) >= 11 is 0. The molecule has 1 saturated heterocycles. The molecule has 2 fully saturated rings. The van der Waals surface area contributed by atoms with E-state index in [0.717, 1.165) is 54.9 Å². The second-order valence-corrected chi connectivity index (χ2v) is 9.41. The van der Waals surface area contributed by atoms with Gasteiger partial charge in [0.15, 0.2) is 0 Å². The minimum atomic E-state index is -0.621. The highest BCUT2D eigenvalue weighted by atomic mass is 16.5. The molecule has 1 aliphatic carbocycles. The summed E-state index contributed by atoms with van der Waals surface area (Å²) in [5.74, 6) is 1.67. The zero-order chi connectivity index (χ0) is 22.3. The summed E-state index contributed by atoms with van der Waals surface area (Å²) < 4.78 is 12.1. The fourth-order valence-electron chi connectivity index (χ4n) is 5.28. The number of hydrogen-bond donors (Lipinski definition) is 0. The van der Waals surface area contributed by atoms with Gasteiger partial charge in [0.25, 0.3) is 0 Å². The Kier molecular flexibility index (Phi) is 5.11. The summed E-state index contributed by atoms with van der Waals surface area (Å²) in [4.78, 5) is 30.0. The van der Waals surface area contributed by atoms with E-state index in [-0.39, 0.29) is 11.8 Å². The number of ether oxygens (including phenoxy) is 2. The third-order valence-corrected chi connectivity index (χ3v) is 7.20. The summed E-state index contributed by atoms with van der Waals surface area (Å²) in [6, 6.07) is 15.9. The molecule has 2 aromatic rings. The predicted molar refractivity (Wildman–Crippen MR) is 121 cm³/mol. The molecule has 0 aromatic heterocycles. The van der Waals surface area contributed by atoms with E-state index in [4.69, 9.17) is 9.47 Å². The van der Waals surface area contributed by atoms with Gasteiger partial charge in [0.05, 0.1) is 25.6 Å². The number of benzene rings is 2. The van der Waals surface area contributed by atoms with Gasteiger partial charge in [-0.3, -0.25) is 9.59 Å². The van der Waals surface area contributed by atoms with Crippen molar-refractivity contribution in [1.29, 1.82) is 0 Å². The number of methoxy groups -OCH3 is 1. The zero-order valence-electron chi connectivity index (χ0n) is 18.8. The van der Waals surface area contributed by atoms with Crippen molar-refractivity contribution in [2.75, 3.05) is 26.7 Å². The van der Waals surface area contributed by atoms with Crippen LogP contribution in [0, 0.1) is 0 Å². The largest absolute Gasteiger partial charge is 0.497 e. The normalized spacial score (nSPS) is 23.7. The third-order valence-electron chi connectivity index (χ3n) is 7.20. The van der Waals surface area contributed by atoms with Gasteiger partial charge in [-0.05, 0) is 43.4 Å². The first-order valence-electron chi connectivity index (χ1n) is 11.4. The number of fused-ring (bicyclic) bond motifs is 1. The van der Waals surface area contributed by atoms with Crippen LogP contribution in [0.5, 0.6) is 11.5 Å². The summed E-state index contributed by atoms with van der Waals surface area (Å²) in [7, 11) is 1.63. The van der Waals surface area contributed by atoms with Crippen LogP contribution in [0.3, 0.4) is 0 Å².